The van der Waals surface area contributed by atoms with E-state index in [1.807, 2.05) is 24.3 Å². The standard InChI is InChI=1S/C24H22N2O2/c27-23-16-21(28-24-8-4-3-7-22(23)24)17-25-11-13-26(14-12-25)20-10-9-18-5-1-2-6-19(18)15-20/h1-10,15-16H,11-14,17H2. The van der Waals surface area contributed by atoms with Crippen molar-refractivity contribution < 1.29 is 4.42 Å². The Kier molecular flexibility index (Phi) is 4.34. The van der Waals surface area contributed by atoms with Gasteiger partial charge in [-0.05, 0) is 35.0 Å². The van der Waals surface area contributed by atoms with E-state index in [1.54, 1.807) is 6.07 Å². The summed E-state index contributed by atoms with van der Waals surface area (Å²) in [6, 6.07) is 24.2. The van der Waals surface area contributed by atoms with Crippen LogP contribution in [0.5, 0.6) is 0 Å². The summed E-state index contributed by atoms with van der Waals surface area (Å²) in [6.45, 7) is 4.50. The minimum absolute atomic E-state index is 0.0339. The van der Waals surface area contributed by atoms with E-state index in [9.17, 15) is 4.79 Å². The molecule has 0 amide bonds. The van der Waals surface area contributed by atoms with E-state index < -0.39 is 0 Å². The zero-order valence-electron chi connectivity index (χ0n) is 15.7. The molecular formula is C24H22N2O2. The predicted molar refractivity (Wildman–Crippen MR) is 114 cm³/mol. The Balaban J connectivity index is 1.28. The molecule has 0 aliphatic carbocycles. The van der Waals surface area contributed by atoms with Crippen LogP contribution in [-0.2, 0) is 6.54 Å². The van der Waals surface area contributed by atoms with E-state index in [4.69, 9.17) is 4.42 Å². The minimum Gasteiger partial charge on any atom is -0.459 e. The molecule has 0 saturated carbocycles. The maximum absolute atomic E-state index is 12.3. The van der Waals surface area contributed by atoms with Gasteiger partial charge in [-0.1, -0.05) is 42.5 Å². The third-order valence-electron chi connectivity index (χ3n) is 5.54. The fourth-order valence-corrected chi connectivity index (χ4v) is 3.99. The largest absolute Gasteiger partial charge is 0.459 e. The van der Waals surface area contributed by atoms with Gasteiger partial charge in [-0.25, -0.2) is 0 Å². The summed E-state index contributed by atoms with van der Waals surface area (Å²) in [6.07, 6.45) is 0. The van der Waals surface area contributed by atoms with Crippen molar-refractivity contribution >= 4 is 27.4 Å². The Morgan fingerprint density at radius 2 is 1.54 bits per heavy atom. The molecule has 0 unspecified atom stereocenters. The van der Waals surface area contributed by atoms with Gasteiger partial charge in [0, 0.05) is 37.9 Å². The average molecular weight is 370 g/mol. The molecule has 0 spiro atoms. The van der Waals surface area contributed by atoms with Crippen LogP contribution < -0.4 is 10.3 Å². The normalized spacial score (nSPS) is 15.4. The molecule has 0 radical (unpaired) electrons. The van der Waals surface area contributed by atoms with E-state index >= 15 is 0 Å². The molecule has 4 aromatic rings. The van der Waals surface area contributed by atoms with Crippen molar-refractivity contribution in [2.24, 2.45) is 0 Å². The van der Waals surface area contributed by atoms with Gasteiger partial charge in [0.25, 0.3) is 0 Å². The smallest absolute Gasteiger partial charge is 0.192 e. The van der Waals surface area contributed by atoms with Crippen LogP contribution in [0.4, 0.5) is 5.69 Å². The molecule has 0 N–H and O–H groups in total. The van der Waals surface area contributed by atoms with Crippen LogP contribution in [0.2, 0.25) is 0 Å². The van der Waals surface area contributed by atoms with Crippen LogP contribution >= 0.6 is 0 Å². The topological polar surface area (TPSA) is 36.7 Å². The molecule has 2 heterocycles. The lowest BCUT2D eigenvalue weighted by atomic mass is 10.1. The fourth-order valence-electron chi connectivity index (χ4n) is 3.99. The summed E-state index contributed by atoms with van der Waals surface area (Å²) in [5.74, 6) is 0.739. The van der Waals surface area contributed by atoms with Crippen molar-refractivity contribution in [3.05, 3.63) is 88.8 Å². The fraction of sp³-hybridized carbons (Fsp3) is 0.208. The molecule has 5 rings (SSSR count). The highest BCUT2D eigenvalue weighted by molar-refractivity contribution is 5.85. The summed E-state index contributed by atoms with van der Waals surface area (Å²) in [7, 11) is 0. The molecule has 4 nitrogen and oxygen atoms in total. The first-order valence-corrected chi connectivity index (χ1v) is 9.74. The number of hydrogen-bond donors (Lipinski definition) is 0. The van der Waals surface area contributed by atoms with Crippen molar-refractivity contribution in [1.29, 1.82) is 0 Å². The lowest BCUT2D eigenvalue weighted by Crippen LogP contribution is -2.46. The van der Waals surface area contributed by atoms with Gasteiger partial charge in [0.15, 0.2) is 5.43 Å². The molecule has 1 fully saturated rings. The van der Waals surface area contributed by atoms with Crippen molar-refractivity contribution in [3.8, 4) is 0 Å². The molecule has 4 heteroatoms. The lowest BCUT2D eigenvalue weighted by Gasteiger charge is -2.36. The van der Waals surface area contributed by atoms with Gasteiger partial charge in [-0.3, -0.25) is 9.69 Å². The van der Waals surface area contributed by atoms with Crippen LogP contribution in [0, 0.1) is 0 Å². The number of anilines is 1. The zero-order chi connectivity index (χ0) is 18.9. The molecule has 1 aliphatic heterocycles. The molecule has 0 atom stereocenters. The van der Waals surface area contributed by atoms with Gasteiger partial charge >= 0.3 is 0 Å². The summed E-state index contributed by atoms with van der Waals surface area (Å²) in [4.78, 5) is 17.1. The minimum atomic E-state index is 0.0339. The zero-order valence-corrected chi connectivity index (χ0v) is 15.7. The highest BCUT2D eigenvalue weighted by Gasteiger charge is 2.18. The summed E-state index contributed by atoms with van der Waals surface area (Å²) in [5.41, 5.74) is 1.97. The molecule has 1 aliphatic rings. The molecule has 3 aromatic carbocycles. The monoisotopic (exact) mass is 370 g/mol. The van der Waals surface area contributed by atoms with Gasteiger partial charge in [0.1, 0.15) is 11.3 Å². The number of piperazine rings is 1. The van der Waals surface area contributed by atoms with Crippen LogP contribution in [0.1, 0.15) is 5.76 Å². The van der Waals surface area contributed by atoms with E-state index in [-0.39, 0.29) is 5.43 Å². The molecular weight excluding hydrogens is 348 g/mol. The number of hydrogen-bond acceptors (Lipinski definition) is 4. The predicted octanol–water partition coefficient (Wildman–Crippen LogP) is 4.27. The van der Waals surface area contributed by atoms with E-state index in [2.05, 4.69) is 52.3 Å². The maximum Gasteiger partial charge on any atom is 0.192 e. The Morgan fingerprint density at radius 3 is 2.39 bits per heavy atom. The number of rotatable bonds is 3. The summed E-state index contributed by atoms with van der Waals surface area (Å²) >= 11 is 0. The van der Waals surface area contributed by atoms with E-state index in [1.165, 1.54) is 16.5 Å². The molecule has 140 valence electrons. The van der Waals surface area contributed by atoms with Crippen LogP contribution in [0.3, 0.4) is 0 Å². The Morgan fingerprint density at radius 1 is 0.786 bits per heavy atom. The van der Waals surface area contributed by atoms with Gasteiger partial charge < -0.3 is 9.32 Å². The second-order valence-electron chi connectivity index (χ2n) is 7.37. The van der Waals surface area contributed by atoms with E-state index in [0.29, 0.717) is 17.5 Å². The second-order valence-corrected chi connectivity index (χ2v) is 7.37. The van der Waals surface area contributed by atoms with Crippen molar-refractivity contribution in [2.45, 2.75) is 6.54 Å². The second kappa shape index (κ2) is 7.13. The Labute approximate surface area is 163 Å². The third-order valence-corrected chi connectivity index (χ3v) is 5.54. The lowest BCUT2D eigenvalue weighted by molar-refractivity contribution is 0.231. The Bertz CT molecular complexity index is 1190. The van der Waals surface area contributed by atoms with Gasteiger partial charge in [-0.15, -0.1) is 0 Å². The number of benzene rings is 3. The maximum atomic E-state index is 12.3. The van der Waals surface area contributed by atoms with Crippen molar-refractivity contribution in [2.75, 3.05) is 31.1 Å². The first-order chi connectivity index (χ1) is 13.8. The first kappa shape index (κ1) is 17.0. The quantitative estimate of drug-likeness (QED) is 0.540. The van der Waals surface area contributed by atoms with Crippen molar-refractivity contribution in [1.82, 2.24) is 4.90 Å². The van der Waals surface area contributed by atoms with E-state index in [0.717, 1.165) is 31.9 Å². The first-order valence-electron chi connectivity index (χ1n) is 9.74. The number of para-hydroxylation sites is 1. The van der Waals surface area contributed by atoms with Crippen LogP contribution in [-0.4, -0.2) is 31.1 Å². The molecule has 1 saturated heterocycles. The Hall–Kier alpha value is -3.11. The molecule has 0 bridgehead atoms. The number of nitrogens with zero attached hydrogens (tertiary/aromatic N) is 2. The summed E-state index contributed by atoms with van der Waals surface area (Å²) < 4.78 is 5.95. The SMILES string of the molecule is O=c1cc(CN2CCN(c3ccc4ccccc4c3)CC2)oc2ccccc12. The molecule has 1 aromatic heterocycles. The van der Waals surface area contributed by atoms with Crippen molar-refractivity contribution in [3.63, 3.8) is 0 Å². The van der Waals surface area contributed by atoms with Gasteiger partial charge in [0.05, 0.1) is 11.9 Å². The highest BCUT2D eigenvalue weighted by atomic mass is 16.3. The number of fused-ring (bicyclic) bond motifs is 2. The van der Waals surface area contributed by atoms with Crippen LogP contribution in [0.15, 0.2) is 82.0 Å². The highest BCUT2D eigenvalue weighted by Crippen LogP contribution is 2.23. The summed E-state index contributed by atoms with van der Waals surface area (Å²) in [5, 5.41) is 3.20. The van der Waals surface area contributed by atoms with Crippen LogP contribution in [0.25, 0.3) is 21.7 Å². The van der Waals surface area contributed by atoms with Gasteiger partial charge in [0.2, 0.25) is 0 Å². The van der Waals surface area contributed by atoms with Gasteiger partial charge in [-0.2, -0.15) is 0 Å². The third kappa shape index (κ3) is 3.27. The molecule has 28 heavy (non-hydrogen) atoms. The average Bonchev–Trinajstić information content (AvgIpc) is 2.74.